The topological polar surface area (TPSA) is 265 Å². The summed E-state index contributed by atoms with van der Waals surface area (Å²) in [6.07, 6.45) is -2.09. The Hall–Kier alpha value is -6.09. The highest BCUT2D eigenvalue weighted by atomic mass is 32.2. The number of likely N-dealkylation sites (tertiary alicyclic amines) is 2. The number of ether oxygens (including phenoxy) is 2. The monoisotopic (exact) mass is 823 g/mol. The number of aliphatic imine (C=N–C) groups is 1. The Morgan fingerprint density at radius 1 is 0.983 bits per heavy atom. The predicted octanol–water partition coefficient (Wildman–Crippen LogP) is 3.42. The first-order valence-electron chi connectivity index (χ1n) is 18.4. The molecule has 4 heterocycles. The molecule has 0 spiro atoms. The third-order valence-electron chi connectivity index (χ3n) is 10.7. The summed E-state index contributed by atoms with van der Waals surface area (Å²) in [5.41, 5.74) is 0.596. The molecule has 21 heteroatoms. The highest BCUT2D eigenvalue weighted by Crippen LogP contribution is 2.52. The van der Waals surface area contributed by atoms with Crippen LogP contribution in [-0.4, -0.2) is 120 Å². The largest absolute Gasteiger partial charge is 0.477 e. The number of hydrogen-bond donors (Lipinski definition) is 3. The van der Waals surface area contributed by atoms with Crippen molar-refractivity contribution in [3.8, 4) is 0 Å². The van der Waals surface area contributed by atoms with E-state index >= 15 is 0 Å². The van der Waals surface area contributed by atoms with Crippen molar-refractivity contribution in [2.24, 2.45) is 16.8 Å². The summed E-state index contributed by atoms with van der Waals surface area (Å²) in [4.78, 5) is 94.8. The summed E-state index contributed by atoms with van der Waals surface area (Å²) >= 11 is 1.18. The molecule has 7 atom stereocenters. The number of hydrogen-bond acceptors (Lipinski definition) is 13. The fraction of sp³-hybridized carbons (Fsp3) is 0.459. The molecule has 20 nitrogen and oxygen atoms in total. The van der Waals surface area contributed by atoms with Crippen LogP contribution in [0.2, 0.25) is 0 Å². The summed E-state index contributed by atoms with van der Waals surface area (Å²) in [6, 6.07) is 9.00. The average molecular weight is 824 g/mol. The summed E-state index contributed by atoms with van der Waals surface area (Å²) in [6.45, 7) is 5.21. The van der Waals surface area contributed by atoms with Crippen LogP contribution in [-0.2, 0) is 37.1 Å². The molecular formula is C37H41N7O13S. The van der Waals surface area contributed by atoms with Gasteiger partial charge in [-0.3, -0.25) is 34.7 Å². The molecule has 0 aromatic heterocycles. The number of amides is 4. The van der Waals surface area contributed by atoms with Crippen LogP contribution in [0.1, 0.15) is 44.7 Å². The molecule has 308 valence electrons. The zero-order chi connectivity index (χ0) is 42.0. The summed E-state index contributed by atoms with van der Waals surface area (Å²) < 4.78 is 10.8. The molecule has 2 aromatic rings. The predicted molar refractivity (Wildman–Crippen MR) is 204 cm³/mol. The second-order valence-corrected chi connectivity index (χ2v) is 15.8. The van der Waals surface area contributed by atoms with E-state index in [9.17, 15) is 54.4 Å². The molecular weight excluding hydrogens is 783 g/mol. The number of thioether (sulfide) groups is 1. The molecule has 0 radical (unpaired) electrons. The number of aliphatic hydroxyl groups is 1. The van der Waals surface area contributed by atoms with Crippen molar-refractivity contribution in [3.63, 3.8) is 0 Å². The second-order valence-electron chi connectivity index (χ2n) is 14.5. The van der Waals surface area contributed by atoms with Crippen LogP contribution in [0.3, 0.4) is 0 Å². The fourth-order valence-corrected chi connectivity index (χ4v) is 9.22. The lowest BCUT2D eigenvalue weighted by Crippen LogP contribution is -2.63. The number of benzene rings is 2. The second kappa shape index (κ2) is 17.2. The molecule has 4 amide bonds. The summed E-state index contributed by atoms with van der Waals surface area (Å²) in [7, 11) is 0. The minimum absolute atomic E-state index is 0.00600. The maximum Gasteiger partial charge on any atom is 0.435 e. The van der Waals surface area contributed by atoms with Crippen LogP contribution in [0.25, 0.3) is 0 Å². The third kappa shape index (κ3) is 8.74. The van der Waals surface area contributed by atoms with Gasteiger partial charge < -0.3 is 34.8 Å². The SMILES string of the molecule is CC(=NC(=O)OCc1ccc([N+](=O)[O-])cc1)N1CC[C@@H](NC(=O)[C@@H]2C[C@H](SC3=C(C(=O)O)N4C(=O)[C@H]([C@@H](C)O)[C@H]4[C@H]3C)CN2C(=O)OCc2ccc([N+](=O)[O-])cc2)C1. The number of carbonyl (C=O) groups excluding carboxylic acids is 4. The zero-order valence-electron chi connectivity index (χ0n) is 31.6. The number of amidine groups is 1. The van der Waals surface area contributed by atoms with E-state index in [4.69, 9.17) is 9.47 Å². The van der Waals surface area contributed by atoms with Gasteiger partial charge in [0.2, 0.25) is 11.8 Å². The van der Waals surface area contributed by atoms with Crippen molar-refractivity contribution in [1.82, 2.24) is 20.0 Å². The van der Waals surface area contributed by atoms with Gasteiger partial charge >= 0.3 is 18.2 Å². The van der Waals surface area contributed by atoms with Gasteiger partial charge in [0.15, 0.2) is 0 Å². The molecule has 4 aliphatic rings. The molecule has 0 unspecified atom stereocenters. The number of β-lactam (4-membered cyclic amide) rings is 1. The first-order valence-corrected chi connectivity index (χ1v) is 19.2. The summed E-state index contributed by atoms with van der Waals surface area (Å²) in [5.74, 6) is -3.12. The number of nitrogens with zero attached hydrogens (tertiary/aromatic N) is 6. The van der Waals surface area contributed by atoms with Crippen LogP contribution < -0.4 is 5.32 Å². The quantitative estimate of drug-likeness (QED) is 0.0910. The van der Waals surface area contributed by atoms with Gasteiger partial charge in [0, 0.05) is 66.0 Å². The lowest BCUT2D eigenvalue weighted by Gasteiger charge is -2.46. The Kier molecular flexibility index (Phi) is 12.3. The van der Waals surface area contributed by atoms with Crippen LogP contribution in [0.15, 0.2) is 64.1 Å². The first-order chi connectivity index (χ1) is 27.5. The maximum absolute atomic E-state index is 13.9. The van der Waals surface area contributed by atoms with Crippen LogP contribution >= 0.6 is 11.8 Å². The van der Waals surface area contributed by atoms with Crippen molar-refractivity contribution in [2.75, 3.05) is 19.6 Å². The van der Waals surface area contributed by atoms with E-state index in [0.717, 1.165) is 0 Å². The van der Waals surface area contributed by atoms with Gasteiger partial charge in [-0.05, 0) is 62.1 Å². The Morgan fingerprint density at radius 2 is 1.57 bits per heavy atom. The van der Waals surface area contributed by atoms with Crippen LogP contribution in [0.4, 0.5) is 21.0 Å². The van der Waals surface area contributed by atoms with Gasteiger partial charge in [0.05, 0.1) is 27.9 Å². The zero-order valence-corrected chi connectivity index (χ0v) is 32.4. The van der Waals surface area contributed by atoms with Gasteiger partial charge in [-0.2, -0.15) is 4.99 Å². The standard InChI is InChI=1S/C37H41N7O13S/c1-19-30-29(20(2)45)34(47)42(30)31(35(48)49)32(19)58-27-14-28(41(16-27)37(51)57-18-23-6-10-26(11-7-23)44(54)55)33(46)39-24-12-13-40(15-24)21(3)38-36(50)56-17-22-4-8-25(9-5-22)43(52)53/h4-11,19-20,24,27-30,45H,12-18H2,1-3H3,(H,39,46)(H,48,49)/t19-,20-,24-,27+,28+,29-,30-/m1/s1. The summed E-state index contributed by atoms with van der Waals surface area (Å²) in [5, 5.41) is 44.8. The van der Waals surface area contributed by atoms with Crippen LogP contribution in [0.5, 0.6) is 0 Å². The highest BCUT2D eigenvalue weighted by Gasteiger charge is 2.60. The number of carbonyl (C=O) groups is 5. The van der Waals surface area contributed by atoms with Gasteiger partial charge in [-0.15, -0.1) is 11.8 Å². The normalized spacial score (nSPS) is 24.6. The van der Waals surface area contributed by atoms with Crippen molar-refractivity contribution in [3.05, 3.63) is 90.5 Å². The minimum Gasteiger partial charge on any atom is -0.477 e. The molecule has 3 fully saturated rings. The van der Waals surface area contributed by atoms with Crippen molar-refractivity contribution in [2.45, 2.75) is 76.3 Å². The number of rotatable bonds is 12. The van der Waals surface area contributed by atoms with Gasteiger partial charge in [-0.25, -0.2) is 14.4 Å². The molecule has 6 rings (SSSR count). The Morgan fingerprint density at radius 3 is 2.12 bits per heavy atom. The molecule has 0 saturated carbocycles. The molecule has 3 saturated heterocycles. The van der Waals surface area contributed by atoms with E-state index in [1.807, 2.05) is 0 Å². The Labute approximate surface area is 335 Å². The van der Waals surface area contributed by atoms with Crippen molar-refractivity contribution >= 4 is 58.9 Å². The maximum atomic E-state index is 13.9. The third-order valence-corrected chi connectivity index (χ3v) is 12.2. The van der Waals surface area contributed by atoms with Crippen molar-refractivity contribution in [1.29, 1.82) is 0 Å². The molecule has 3 N–H and O–H groups in total. The number of non-ortho nitro benzene ring substituents is 2. The van der Waals surface area contributed by atoms with Gasteiger partial charge in [0.1, 0.15) is 30.8 Å². The van der Waals surface area contributed by atoms with E-state index in [1.54, 1.807) is 18.7 Å². The number of carboxylic acid groups (broad SMARTS) is 1. The van der Waals surface area contributed by atoms with Gasteiger partial charge in [0.25, 0.3) is 11.4 Å². The van der Waals surface area contributed by atoms with Crippen molar-refractivity contribution < 1.29 is 53.5 Å². The lowest BCUT2D eigenvalue weighted by atomic mass is 9.79. The Bertz CT molecular complexity index is 2060. The number of nitrogens with one attached hydrogen (secondary N) is 1. The average Bonchev–Trinajstić information content (AvgIpc) is 3.89. The lowest BCUT2D eigenvalue weighted by molar-refractivity contribution is -0.385. The molecule has 4 aliphatic heterocycles. The van der Waals surface area contributed by atoms with E-state index < -0.39 is 81.1 Å². The number of nitro groups is 2. The Balaban J connectivity index is 1.11. The smallest absolute Gasteiger partial charge is 0.435 e. The molecule has 2 aromatic carbocycles. The van der Waals surface area contributed by atoms with E-state index in [-0.39, 0.29) is 49.8 Å². The van der Waals surface area contributed by atoms with E-state index in [0.29, 0.717) is 34.8 Å². The van der Waals surface area contributed by atoms with Gasteiger partial charge in [-0.1, -0.05) is 6.92 Å². The number of fused-ring (bicyclic) bond motifs is 1. The molecule has 0 aliphatic carbocycles. The number of aliphatic hydroxyl groups excluding tert-OH is 1. The fourth-order valence-electron chi connectivity index (χ4n) is 7.70. The van der Waals surface area contributed by atoms with Crippen LogP contribution in [0, 0.1) is 32.1 Å². The molecule has 0 bridgehead atoms. The van der Waals surface area contributed by atoms with E-state index in [1.165, 1.54) is 77.0 Å². The van der Waals surface area contributed by atoms with E-state index in [2.05, 4.69) is 10.3 Å². The highest BCUT2D eigenvalue weighted by molar-refractivity contribution is 8.03. The minimum atomic E-state index is -1.30. The number of carboxylic acids is 1. The molecule has 58 heavy (non-hydrogen) atoms. The number of nitro benzene ring substituents is 2. The number of aliphatic carboxylic acids is 1. The first kappa shape index (κ1) is 41.5.